The van der Waals surface area contributed by atoms with Crippen LogP contribution in [0.25, 0.3) is 28.0 Å². The highest BCUT2D eigenvalue weighted by Crippen LogP contribution is 2.36. The first-order valence-corrected chi connectivity index (χ1v) is 13.5. The maximum Gasteiger partial charge on any atom is 0.308 e. The number of fused-ring (bicyclic) bond motifs is 6. The molecule has 2 aromatic carbocycles. The van der Waals surface area contributed by atoms with Crippen LogP contribution in [0.2, 0.25) is 0 Å². The van der Waals surface area contributed by atoms with Crippen LogP contribution in [-0.4, -0.2) is 57.6 Å². The van der Waals surface area contributed by atoms with Gasteiger partial charge in [-0.3, -0.25) is 4.79 Å². The Morgan fingerprint density at radius 2 is 1.85 bits per heavy atom. The molecule has 0 aliphatic carbocycles. The van der Waals surface area contributed by atoms with Crippen molar-refractivity contribution in [2.24, 2.45) is 0 Å². The summed E-state index contributed by atoms with van der Waals surface area (Å²) in [5, 5.41) is 14.7. The van der Waals surface area contributed by atoms with E-state index in [1.54, 1.807) is 10.6 Å². The molecule has 8 nitrogen and oxygen atoms in total. The minimum atomic E-state index is -0.912. The van der Waals surface area contributed by atoms with E-state index in [4.69, 9.17) is 19.6 Å². The van der Waals surface area contributed by atoms with Crippen LogP contribution in [0.15, 0.2) is 60.7 Å². The van der Waals surface area contributed by atoms with Crippen molar-refractivity contribution in [3.63, 3.8) is 0 Å². The van der Waals surface area contributed by atoms with Gasteiger partial charge in [-0.2, -0.15) is 9.61 Å². The molecule has 3 aliphatic heterocycles. The van der Waals surface area contributed by atoms with Crippen LogP contribution in [0.5, 0.6) is 5.75 Å². The van der Waals surface area contributed by atoms with E-state index in [2.05, 4.69) is 11.8 Å². The van der Waals surface area contributed by atoms with Gasteiger partial charge in [0.05, 0.1) is 24.3 Å². The molecule has 5 heterocycles. The van der Waals surface area contributed by atoms with Crippen LogP contribution >= 0.6 is 0 Å². The normalized spacial score (nSPS) is 17.5. The summed E-state index contributed by atoms with van der Waals surface area (Å²) in [6, 6.07) is 14.3. The van der Waals surface area contributed by atoms with Gasteiger partial charge in [0.2, 0.25) is 0 Å². The van der Waals surface area contributed by atoms with Crippen LogP contribution in [-0.2, 0) is 16.0 Å². The minimum Gasteiger partial charge on any atom is -0.489 e. The molecule has 0 unspecified atom stereocenters. The van der Waals surface area contributed by atoms with Gasteiger partial charge in [-0.1, -0.05) is 24.3 Å². The summed E-state index contributed by atoms with van der Waals surface area (Å²) >= 11 is 0. The molecular formula is C31H31FN4O4. The zero-order valence-electron chi connectivity index (χ0n) is 22.6. The number of piperidine rings is 1. The fraction of sp³-hybridized carbons (Fsp3) is 0.323. The molecule has 0 radical (unpaired) electrons. The number of carboxylic acids is 1. The van der Waals surface area contributed by atoms with Gasteiger partial charge in [0.1, 0.15) is 24.0 Å². The lowest BCUT2D eigenvalue weighted by atomic mass is 9.93. The summed E-state index contributed by atoms with van der Waals surface area (Å²) in [5.74, 6) is -0.0653. The first-order valence-electron chi connectivity index (χ1n) is 13.5. The van der Waals surface area contributed by atoms with Crippen LogP contribution in [0, 0.1) is 12.7 Å². The first kappa shape index (κ1) is 26.0. The molecule has 0 saturated carbocycles. The van der Waals surface area contributed by atoms with E-state index in [1.807, 2.05) is 49.4 Å². The summed E-state index contributed by atoms with van der Waals surface area (Å²) in [6.45, 7) is 6.08. The van der Waals surface area contributed by atoms with Gasteiger partial charge in [0, 0.05) is 47.6 Å². The fourth-order valence-corrected chi connectivity index (χ4v) is 5.52. The Bertz CT molecular complexity index is 1620. The quantitative estimate of drug-likeness (QED) is 0.337. The Morgan fingerprint density at radius 1 is 1.07 bits per heavy atom. The highest BCUT2D eigenvalue weighted by molar-refractivity contribution is 5.78. The Labute approximate surface area is 231 Å². The highest BCUT2D eigenvalue weighted by Gasteiger charge is 2.33. The van der Waals surface area contributed by atoms with Gasteiger partial charge in [0.25, 0.3) is 0 Å². The van der Waals surface area contributed by atoms with Crippen molar-refractivity contribution in [1.82, 2.24) is 14.6 Å². The van der Waals surface area contributed by atoms with Crippen LogP contribution in [0.1, 0.15) is 31.0 Å². The molecule has 0 spiro atoms. The number of nitrogens with zero attached hydrogens (tertiary/aromatic N) is 4. The van der Waals surface area contributed by atoms with Gasteiger partial charge in [-0.05, 0) is 56.5 Å². The van der Waals surface area contributed by atoms with Crippen molar-refractivity contribution >= 4 is 17.4 Å². The number of halogens is 1. The molecule has 7 rings (SSSR count). The molecule has 3 aliphatic rings. The number of hydrogen-bond acceptors (Lipinski definition) is 6. The molecule has 4 aromatic rings. The molecule has 0 atom stereocenters. The zero-order valence-corrected chi connectivity index (χ0v) is 22.6. The number of benzene rings is 2. The molecule has 1 fully saturated rings. The first-order chi connectivity index (χ1) is 19.3. The number of aliphatic carboxylic acids is 1. The third-order valence-electron chi connectivity index (χ3n) is 7.77. The van der Waals surface area contributed by atoms with Crippen molar-refractivity contribution in [1.29, 1.82) is 0 Å². The van der Waals surface area contributed by atoms with E-state index in [1.165, 1.54) is 12.1 Å². The molecule has 9 heteroatoms. The predicted octanol–water partition coefficient (Wildman–Crippen LogP) is 5.46. The molecule has 40 heavy (non-hydrogen) atoms. The maximum absolute atomic E-state index is 14.2. The average molecular weight is 543 g/mol. The van der Waals surface area contributed by atoms with Crippen molar-refractivity contribution in [2.45, 2.75) is 38.7 Å². The number of carboxylic acid groups (broad SMARTS) is 1. The third-order valence-corrected chi connectivity index (χ3v) is 7.77. The standard InChI is InChI=1S/C31H31FN4O4/c1-20-25(18-29(37)38)30-35-12-10-31(2,11-13-35)40-15-4-3-14-39-27-17-23(32)8-9-24(27)21-6-5-7-22(16-21)26-19-28(33-20)36(30)34-26/h3-9,16-17,19H,10-15,18H2,1-2H3,(H,37,38)/b4-3+. The van der Waals surface area contributed by atoms with E-state index in [-0.39, 0.29) is 24.4 Å². The number of aromatic nitrogens is 3. The maximum atomic E-state index is 14.2. The zero-order chi connectivity index (χ0) is 27.9. The van der Waals surface area contributed by atoms with Crippen molar-refractivity contribution in [3.05, 3.63) is 77.8 Å². The van der Waals surface area contributed by atoms with E-state index in [9.17, 15) is 14.3 Å². The molecule has 2 aromatic heterocycles. The SMILES string of the molecule is Cc1nc2cc3nn2c(c1CC(=O)O)N1CCC(C)(CC1)OC/C=C/COc1cc(F)ccc1-c1cccc-3c1. The summed E-state index contributed by atoms with van der Waals surface area (Å²) in [5.41, 5.74) is 4.87. The molecule has 1 N–H and O–H groups in total. The van der Waals surface area contributed by atoms with Gasteiger partial charge < -0.3 is 19.5 Å². The number of anilines is 1. The summed E-state index contributed by atoms with van der Waals surface area (Å²) < 4.78 is 28.2. The minimum absolute atomic E-state index is 0.142. The Kier molecular flexibility index (Phi) is 6.75. The Morgan fingerprint density at radius 3 is 2.65 bits per heavy atom. The number of aryl methyl sites for hydroxylation is 1. The van der Waals surface area contributed by atoms with E-state index < -0.39 is 5.97 Å². The fourth-order valence-electron chi connectivity index (χ4n) is 5.52. The number of rotatable bonds is 2. The van der Waals surface area contributed by atoms with Crippen LogP contribution in [0.4, 0.5) is 10.2 Å². The largest absolute Gasteiger partial charge is 0.489 e. The second-order valence-corrected chi connectivity index (χ2v) is 10.6. The lowest BCUT2D eigenvalue weighted by molar-refractivity contribution is -0.136. The molecule has 1 saturated heterocycles. The predicted molar refractivity (Wildman–Crippen MR) is 150 cm³/mol. The second-order valence-electron chi connectivity index (χ2n) is 10.6. The molecular weight excluding hydrogens is 511 g/mol. The van der Waals surface area contributed by atoms with Crippen molar-refractivity contribution in [2.75, 3.05) is 31.2 Å². The molecule has 6 bridgehead atoms. The second kappa shape index (κ2) is 10.4. The number of ether oxygens (including phenoxy) is 2. The Balaban J connectivity index is 1.52. The number of carbonyl (C=O) groups is 1. The monoisotopic (exact) mass is 542 g/mol. The van der Waals surface area contributed by atoms with Gasteiger partial charge >= 0.3 is 5.97 Å². The third kappa shape index (κ3) is 5.04. The van der Waals surface area contributed by atoms with Crippen molar-refractivity contribution in [3.8, 4) is 28.1 Å². The van der Waals surface area contributed by atoms with Gasteiger partial charge in [-0.15, -0.1) is 0 Å². The van der Waals surface area contributed by atoms with Crippen molar-refractivity contribution < 1.29 is 23.8 Å². The molecule has 0 amide bonds. The highest BCUT2D eigenvalue weighted by atomic mass is 19.1. The van der Waals surface area contributed by atoms with Gasteiger partial charge in [-0.25, -0.2) is 9.37 Å². The van der Waals surface area contributed by atoms with Crippen LogP contribution < -0.4 is 9.64 Å². The van der Waals surface area contributed by atoms with E-state index in [0.717, 1.165) is 35.3 Å². The van der Waals surface area contributed by atoms with Crippen LogP contribution in [0.3, 0.4) is 0 Å². The smallest absolute Gasteiger partial charge is 0.308 e. The Hall–Kier alpha value is -4.24. The number of hydrogen-bond donors (Lipinski definition) is 1. The van der Waals surface area contributed by atoms with E-state index in [0.29, 0.717) is 48.0 Å². The average Bonchev–Trinajstić information content (AvgIpc) is 3.35. The lowest BCUT2D eigenvalue weighted by Crippen LogP contribution is -2.45. The lowest BCUT2D eigenvalue weighted by Gasteiger charge is -2.40. The molecule has 206 valence electrons. The summed E-state index contributed by atoms with van der Waals surface area (Å²) in [7, 11) is 0. The van der Waals surface area contributed by atoms with Gasteiger partial charge in [0.15, 0.2) is 5.65 Å². The summed E-state index contributed by atoms with van der Waals surface area (Å²) in [4.78, 5) is 18.8. The topological polar surface area (TPSA) is 89.2 Å². The summed E-state index contributed by atoms with van der Waals surface area (Å²) in [6.07, 6.45) is 5.22. The van der Waals surface area contributed by atoms with E-state index >= 15 is 0 Å².